The molecule has 0 aliphatic carbocycles. The molecular formula is C14H20FNO4S. The summed E-state index contributed by atoms with van der Waals surface area (Å²) in [7, 11) is -3.69. The molecule has 1 atom stereocenters. The van der Waals surface area contributed by atoms with Gasteiger partial charge in [0.2, 0.25) is 10.0 Å². The zero-order valence-corrected chi connectivity index (χ0v) is 12.8. The lowest BCUT2D eigenvalue weighted by Gasteiger charge is -2.31. The quantitative estimate of drug-likeness (QED) is 0.894. The summed E-state index contributed by atoms with van der Waals surface area (Å²) in [5, 5.41) is 9.06. The van der Waals surface area contributed by atoms with Gasteiger partial charge in [-0.1, -0.05) is 0 Å². The molecule has 1 fully saturated rings. The minimum Gasteiger partial charge on any atom is -0.392 e. The first-order valence-corrected chi connectivity index (χ1v) is 8.44. The second-order valence-electron chi connectivity index (χ2n) is 4.99. The fraction of sp³-hybridized carbons (Fsp3) is 0.571. The first-order chi connectivity index (χ1) is 9.98. The van der Waals surface area contributed by atoms with Gasteiger partial charge in [-0.15, -0.1) is 0 Å². The summed E-state index contributed by atoms with van der Waals surface area (Å²) in [5.74, 6) is -0.609. The van der Waals surface area contributed by atoms with E-state index in [9.17, 15) is 12.8 Å². The smallest absolute Gasteiger partial charge is 0.243 e. The number of hydrogen-bond acceptors (Lipinski definition) is 4. The maximum Gasteiger partial charge on any atom is 0.243 e. The Labute approximate surface area is 124 Å². The lowest BCUT2D eigenvalue weighted by molar-refractivity contribution is 0.0265. The van der Waals surface area contributed by atoms with Crippen LogP contribution < -0.4 is 0 Å². The number of aliphatic hydroxyl groups is 1. The topological polar surface area (TPSA) is 66.8 Å². The Kier molecular flexibility index (Phi) is 5.32. The third-order valence-electron chi connectivity index (χ3n) is 3.57. The van der Waals surface area contributed by atoms with E-state index in [1.807, 2.05) is 6.92 Å². The summed E-state index contributed by atoms with van der Waals surface area (Å²) in [6.07, 6.45) is 1.47. The van der Waals surface area contributed by atoms with Gasteiger partial charge in [-0.25, -0.2) is 12.8 Å². The van der Waals surface area contributed by atoms with Crippen LogP contribution in [0.25, 0.3) is 0 Å². The Morgan fingerprint density at radius 2 is 2.24 bits per heavy atom. The molecule has 21 heavy (non-hydrogen) atoms. The molecule has 0 amide bonds. The molecule has 0 spiro atoms. The molecule has 0 aromatic heterocycles. The molecule has 1 aromatic carbocycles. The molecule has 7 heteroatoms. The Hall–Kier alpha value is -1.02. The average Bonchev–Trinajstić information content (AvgIpc) is 2.48. The highest BCUT2D eigenvalue weighted by Gasteiger charge is 2.30. The number of halogens is 1. The van der Waals surface area contributed by atoms with Crippen molar-refractivity contribution in [2.24, 2.45) is 0 Å². The van der Waals surface area contributed by atoms with Crippen molar-refractivity contribution in [3.8, 4) is 0 Å². The van der Waals surface area contributed by atoms with E-state index in [-0.39, 0.29) is 16.6 Å². The molecule has 5 nitrogen and oxygen atoms in total. The standard InChI is InChI=1S/C14H20FNO4S/c1-2-20-12-4-3-7-16(9-12)21(18,19)13-5-6-14(15)11(8-13)10-17/h5-6,8,12,17H,2-4,7,9-10H2,1H3. The van der Waals surface area contributed by atoms with Crippen molar-refractivity contribution in [1.29, 1.82) is 0 Å². The van der Waals surface area contributed by atoms with Crippen LogP contribution in [0.5, 0.6) is 0 Å². The predicted molar refractivity (Wildman–Crippen MR) is 75.7 cm³/mol. The second kappa shape index (κ2) is 6.83. The fourth-order valence-electron chi connectivity index (χ4n) is 2.48. The molecule has 0 bridgehead atoms. The normalized spacial score (nSPS) is 20.6. The molecule has 1 N–H and O–H groups in total. The maximum atomic E-state index is 13.4. The Morgan fingerprint density at radius 3 is 2.90 bits per heavy atom. The van der Waals surface area contributed by atoms with Gasteiger partial charge in [-0.05, 0) is 38.0 Å². The van der Waals surface area contributed by atoms with E-state index >= 15 is 0 Å². The van der Waals surface area contributed by atoms with Crippen molar-refractivity contribution < 1.29 is 22.7 Å². The number of ether oxygens (including phenoxy) is 1. The van der Waals surface area contributed by atoms with Crippen molar-refractivity contribution in [3.05, 3.63) is 29.6 Å². The van der Waals surface area contributed by atoms with Gasteiger partial charge in [-0.2, -0.15) is 4.31 Å². The summed E-state index contributed by atoms with van der Waals surface area (Å²) in [4.78, 5) is 0.00472. The summed E-state index contributed by atoms with van der Waals surface area (Å²) in [6.45, 7) is 2.63. The molecule has 1 aliphatic rings. The van der Waals surface area contributed by atoms with Gasteiger partial charge in [0.25, 0.3) is 0 Å². The van der Waals surface area contributed by atoms with Crippen LogP contribution in [0.3, 0.4) is 0 Å². The van der Waals surface area contributed by atoms with Crippen LogP contribution in [0, 0.1) is 5.82 Å². The Morgan fingerprint density at radius 1 is 1.48 bits per heavy atom. The van der Waals surface area contributed by atoms with Crippen LogP contribution in [0.2, 0.25) is 0 Å². The van der Waals surface area contributed by atoms with E-state index in [0.29, 0.717) is 19.7 Å². The molecule has 0 radical (unpaired) electrons. The maximum absolute atomic E-state index is 13.4. The van der Waals surface area contributed by atoms with Gasteiger partial charge in [0, 0.05) is 25.3 Å². The average molecular weight is 317 g/mol. The fourth-order valence-corrected chi connectivity index (χ4v) is 4.04. The third kappa shape index (κ3) is 3.60. The van der Waals surface area contributed by atoms with Gasteiger partial charge in [0.15, 0.2) is 0 Å². The number of sulfonamides is 1. The molecule has 1 saturated heterocycles. The highest BCUT2D eigenvalue weighted by molar-refractivity contribution is 7.89. The van der Waals surface area contributed by atoms with E-state index in [1.54, 1.807) is 0 Å². The van der Waals surface area contributed by atoms with Crippen LogP contribution >= 0.6 is 0 Å². The van der Waals surface area contributed by atoms with E-state index < -0.39 is 22.4 Å². The molecule has 1 aromatic rings. The second-order valence-corrected chi connectivity index (χ2v) is 6.93. The monoisotopic (exact) mass is 317 g/mol. The van der Waals surface area contributed by atoms with Crippen molar-refractivity contribution in [1.82, 2.24) is 4.31 Å². The molecule has 1 heterocycles. The molecule has 118 valence electrons. The summed E-state index contributed by atoms with van der Waals surface area (Å²) in [6, 6.07) is 3.49. The van der Waals surface area contributed by atoms with Crippen molar-refractivity contribution in [2.45, 2.75) is 37.4 Å². The Bertz CT molecular complexity index is 589. The molecular weight excluding hydrogens is 297 g/mol. The number of aliphatic hydroxyl groups excluding tert-OH is 1. The zero-order valence-electron chi connectivity index (χ0n) is 12.0. The minimum atomic E-state index is -3.69. The van der Waals surface area contributed by atoms with Crippen LogP contribution in [-0.4, -0.2) is 43.6 Å². The summed E-state index contributed by atoms with van der Waals surface area (Å²) in [5.41, 5.74) is -0.0190. The molecule has 1 unspecified atom stereocenters. The highest BCUT2D eigenvalue weighted by Crippen LogP contribution is 2.23. The van der Waals surface area contributed by atoms with Crippen LogP contribution in [0.1, 0.15) is 25.3 Å². The highest BCUT2D eigenvalue weighted by atomic mass is 32.2. The van der Waals surface area contributed by atoms with E-state index in [1.165, 1.54) is 16.4 Å². The summed E-state index contributed by atoms with van der Waals surface area (Å²) < 4.78 is 45.4. The number of rotatable bonds is 5. The van der Waals surface area contributed by atoms with Gasteiger partial charge in [-0.3, -0.25) is 0 Å². The van der Waals surface area contributed by atoms with Crippen LogP contribution in [-0.2, 0) is 21.4 Å². The van der Waals surface area contributed by atoms with Gasteiger partial charge in [0.1, 0.15) is 5.82 Å². The number of benzene rings is 1. The SMILES string of the molecule is CCOC1CCCN(S(=O)(=O)c2ccc(F)c(CO)c2)C1. The van der Waals surface area contributed by atoms with Crippen LogP contribution in [0.15, 0.2) is 23.1 Å². The minimum absolute atomic E-state index is 0.00472. The van der Waals surface area contributed by atoms with E-state index in [0.717, 1.165) is 18.9 Å². The first-order valence-electron chi connectivity index (χ1n) is 7.00. The number of nitrogens with zero attached hydrogens (tertiary/aromatic N) is 1. The van der Waals surface area contributed by atoms with Gasteiger partial charge < -0.3 is 9.84 Å². The van der Waals surface area contributed by atoms with Crippen molar-refractivity contribution in [3.63, 3.8) is 0 Å². The molecule has 2 rings (SSSR count). The predicted octanol–water partition coefficient (Wildman–Crippen LogP) is 1.51. The molecule has 0 saturated carbocycles. The largest absolute Gasteiger partial charge is 0.392 e. The van der Waals surface area contributed by atoms with Gasteiger partial charge in [0.05, 0.1) is 17.6 Å². The van der Waals surface area contributed by atoms with Crippen molar-refractivity contribution >= 4 is 10.0 Å². The first kappa shape index (κ1) is 16.4. The molecule has 1 aliphatic heterocycles. The number of hydrogen-bond donors (Lipinski definition) is 1. The number of piperidine rings is 1. The van der Waals surface area contributed by atoms with Gasteiger partial charge >= 0.3 is 0 Å². The lowest BCUT2D eigenvalue weighted by Crippen LogP contribution is -2.43. The van der Waals surface area contributed by atoms with E-state index in [2.05, 4.69) is 0 Å². The zero-order chi connectivity index (χ0) is 15.5. The Balaban J connectivity index is 2.25. The van der Waals surface area contributed by atoms with Crippen LogP contribution in [0.4, 0.5) is 4.39 Å². The lowest BCUT2D eigenvalue weighted by atomic mass is 10.1. The van der Waals surface area contributed by atoms with E-state index in [4.69, 9.17) is 9.84 Å². The third-order valence-corrected chi connectivity index (χ3v) is 5.43. The summed E-state index contributed by atoms with van der Waals surface area (Å²) >= 11 is 0. The van der Waals surface area contributed by atoms with Crippen molar-refractivity contribution in [2.75, 3.05) is 19.7 Å².